The number of aromatic nitrogens is 5. The van der Waals surface area contributed by atoms with Gasteiger partial charge in [-0.2, -0.15) is 18.3 Å². The Bertz CT molecular complexity index is 1500. The van der Waals surface area contributed by atoms with Gasteiger partial charge in [0.2, 0.25) is 0 Å². The van der Waals surface area contributed by atoms with Crippen LogP contribution in [0.5, 0.6) is 5.75 Å². The summed E-state index contributed by atoms with van der Waals surface area (Å²) < 4.78 is 41.7. The minimum Gasteiger partial charge on any atom is -0.508 e. The van der Waals surface area contributed by atoms with E-state index in [0.29, 0.717) is 17.1 Å². The zero-order valence-corrected chi connectivity index (χ0v) is 17.9. The summed E-state index contributed by atoms with van der Waals surface area (Å²) in [5.41, 5.74) is 9.46. The number of nitrogens with zero attached hydrogens (tertiary/aromatic N) is 4. The molecule has 0 amide bonds. The Hall–Kier alpha value is -4.34. The molecule has 4 N–H and O–H groups in total. The average molecular weight is 464 g/mol. The maximum atomic E-state index is 13.4. The number of hydrogen-bond acceptors (Lipinski definition) is 5. The van der Waals surface area contributed by atoms with Crippen LogP contribution in [0.15, 0.2) is 60.9 Å². The number of aryl methyl sites for hydroxylation is 1. The van der Waals surface area contributed by atoms with E-state index in [1.807, 2.05) is 43.3 Å². The van der Waals surface area contributed by atoms with Crippen LogP contribution in [-0.2, 0) is 12.7 Å². The van der Waals surface area contributed by atoms with Crippen molar-refractivity contribution in [3.8, 4) is 28.1 Å². The van der Waals surface area contributed by atoms with Gasteiger partial charge in [-0.05, 0) is 36.8 Å². The summed E-state index contributed by atoms with van der Waals surface area (Å²) in [6.45, 7) is 2.20. The fourth-order valence-electron chi connectivity index (χ4n) is 4.05. The van der Waals surface area contributed by atoms with E-state index in [9.17, 15) is 18.3 Å². The number of nitrogens with two attached hydrogens (primary N) is 1. The number of nitrogen functional groups attached to an aromatic ring is 1. The van der Waals surface area contributed by atoms with Gasteiger partial charge < -0.3 is 15.8 Å². The van der Waals surface area contributed by atoms with Gasteiger partial charge in [-0.15, -0.1) is 0 Å². The second-order valence-corrected chi connectivity index (χ2v) is 7.94. The molecule has 0 saturated carbocycles. The van der Waals surface area contributed by atoms with Crippen molar-refractivity contribution in [2.24, 2.45) is 0 Å². The van der Waals surface area contributed by atoms with Crippen molar-refractivity contribution in [1.29, 1.82) is 0 Å². The molecule has 172 valence electrons. The van der Waals surface area contributed by atoms with E-state index in [0.717, 1.165) is 28.6 Å². The number of nitrogens with one attached hydrogen (secondary N) is 1. The zero-order chi connectivity index (χ0) is 24.0. The van der Waals surface area contributed by atoms with Gasteiger partial charge in [0.1, 0.15) is 23.6 Å². The van der Waals surface area contributed by atoms with Crippen molar-refractivity contribution in [2.45, 2.75) is 19.6 Å². The van der Waals surface area contributed by atoms with E-state index in [-0.39, 0.29) is 23.6 Å². The van der Waals surface area contributed by atoms with Crippen LogP contribution in [0.3, 0.4) is 0 Å². The number of rotatable bonds is 4. The highest BCUT2D eigenvalue weighted by atomic mass is 19.4. The van der Waals surface area contributed by atoms with Crippen LogP contribution in [0.4, 0.5) is 19.0 Å². The number of alkyl halides is 3. The van der Waals surface area contributed by atoms with Gasteiger partial charge in [0.25, 0.3) is 0 Å². The first kappa shape index (κ1) is 21.5. The third-order valence-electron chi connectivity index (χ3n) is 5.50. The molecule has 0 radical (unpaired) electrons. The number of benzene rings is 2. The lowest BCUT2D eigenvalue weighted by molar-refractivity contribution is -0.137. The number of aromatic hydroxyl groups is 1. The van der Waals surface area contributed by atoms with Crippen molar-refractivity contribution in [1.82, 2.24) is 24.7 Å². The first-order valence-electron chi connectivity index (χ1n) is 10.3. The van der Waals surface area contributed by atoms with Crippen molar-refractivity contribution in [3.63, 3.8) is 0 Å². The van der Waals surface area contributed by atoms with Crippen LogP contribution >= 0.6 is 0 Å². The number of fused-ring (bicyclic) bond motifs is 1. The predicted molar refractivity (Wildman–Crippen MR) is 122 cm³/mol. The van der Waals surface area contributed by atoms with Gasteiger partial charge in [0, 0.05) is 22.5 Å². The summed E-state index contributed by atoms with van der Waals surface area (Å²) in [6, 6.07) is 14.6. The molecule has 0 bridgehead atoms. The fourth-order valence-corrected chi connectivity index (χ4v) is 4.05. The van der Waals surface area contributed by atoms with Gasteiger partial charge in [-0.1, -0.05) is 30.3 Å². The van der Waals surface area contributed by atoms with Crippen LogP contribution in [-0.4, -0.2) is 29.8 Å². The molecule has 5 aromatic rings. The lowest BCUT2D eigenvalue weighted by Crippen LogP contribution is -2.05. The Morgan fingerprint density at radius 2 is 1.79 bits per heavy atom. The summed E-state index contributed by atoms with van der Waals surface area (Å²) in [6.07, 6.45) is -3.36. The second kappa shape index (κ2) is 7.91. The van der Waals surface area contributed by atoms with Gasteiger partial charge in [0.05, 0.1) is 17.5 Å². The van der Waals surface area contributed by atoms with Crippen LogP contribution < -0.4 is 5.73 Å². The molecule has 10 heteroatoms. The van der Waals surface area contributed by atoms with Crippen molar-refractivity contribution in [3.05, 3.63) is 77.9 Å². The molecule has 5 rings (SSSR count). The Morgan fingerprint density at radius 3 is 2.53 bits per heavy atom. The van der Waals surface area contributed by atoms with Gasteiger partial charge in [-0.3, -0.25) is 0 Å². The minimum absolute atomic E-state index is 0.0588. The normalized spacial score (nSPS) is 11.9. The van der Waals surface area contributed by atoms with E-state index >= 15 is 0 Å². The Labute approximate surface area is 191 Å². The topological polar surface area (TPSA) is 106 Å². The zero-order valence-electron chi connectivity index (χ0n) is 17.9. The molecule has 3 heterocycles. The van der Waals surface area contributed by atoms with Crippen LogP contribution in [0, 0.1) is 6.92 Å². The second-order valence-electron chi connectivity index (χ2n) is 7.94. The molecule has 34 heavy (non-hydrogen) atoms. The SMILES string of the molecule is Cc1cc(-c2ccccc2)c(Cn2nc(-c3cc(O)cc(C(F)(F)F)c3)c3c(N)ncnc32)[nH]1. The fraction of sp³-hybridized carbons (Fsp3) is 0.125. The Balaban J connectivity index is 1.67. The number of halogens is 3. The van der Waals surface area contributed by atoms with Crippen LogP contribution in [0.2, 0.25) is 0 Å². The first-order chi connectivity index (χ1) is 16.2. The van der Waals surface area contributed by atoms with Crippen molar-refractivity contribution < 1.29 is 18.3 Å². The van der Waals surface area contributed by atoms with Crippen molar-refractivity contribution in [2.75, 3.05) is 5.73 Å². The highest BCUT2D eigenvalue weighted by molar-refractivity contribution is 5.98. The maximum absolute atomic E-state index is 13.4. The monoisotopic (exact) mass is 464 g/mol. The third-order valence-corrected chi connectivity index (χ3v) is 5.50. The molecular weight excluding hydrogens is 445 g/mol. The molecule has 0 aliphatic carbocycles. The van der Waals surface area contributed by atoms with E-state index in [1.54, 1.807) is 4.68 Å². The van der Waals surface area contributed by atoms with Gasteiger partial charge in [0.15, 0.2) is 5.65 Å². The summed E-state index contributed by atoms with van der Waals surface area (Å²) >= 11 is 0. The largest absolute Gasteiger partial charge is 0.508 e. The summed E-state index contributed by atoms with van der Waals surface area (Å²) in [7, 11) is 0. The molecule has 0 spiro atoms. The quantitative estimate of drug-likeness (QED) is 0.341. The number of phenolic OH excluding ortho intramolecular Hbond substituents is 1. The first-order valence-corrected chi connectivity index (χ1v) is 10.3. The van der Waals surface area contributed by atoms with Crippen LogP contribution in [0.1, 0.15) is 17.0 Å². The lowest BCUT2D eigenvalue weighted by atomic mass is 10.0. The molecule has 0 aliphatic heterocycles. The minimum atomic E-state index is -4.64. The summed E-state index contributed by atoms with van der Waals surface area (Å²) in [4.78, 5) is 11.6. The van der Waals surface area contributed by atoms with E-state index < -0.39 is 17.5 Å². The molecule has 7 nitrogen and oxygen atoms in total. The predicted octanol–water partition coefficient (Wildman–Crippen LogP) is 5.15. The molecule has 0 unspecified atom stereocenters. The number of hydrogen-bond donors (Lipinski definition) is 3. The van der Waals surface area contributed by atoms with Gasteiger partial charge >= 0.3 is 6.18 Å². The van der Waals surface area contributed by atoms with E-state index in [2.05, 4.69) is 20.1 Å². The Morgan fingerprint density at radius 1 is 1.03 bits per heavy atom. The molecular formula is C24H19F3N6O. The highest BCUT2D eigenvalue weighted by Gasteiger charge is 2.32. The molecule has 0 fully saturated rings. The number of phenols is 1. The molecule has 0 aliphatic rings. The third kappa shape index (κ3) is 3.83. The molecule has 0 atom stereocenters. The summed E-state index contributed by atoms with van der Waals surface area (Å²) in [5.74, 6) is -0.455. The number of H-pyrrole nitrogens is 1. The summed E-state index contributed by atoms with van der Waals surface area (Å²) in [5, 5.41) is 14.8. The highest BCUT2D eigenvalue weighted by Crippen LogP contribution is 2.38. The lowest BCUT2D eigenvalue weighted by Gasteiger charge is -2.09. The maximum Gasteiger partial charge on any atom is 0.416 e. The van der Waals surface area contributed by atoms with Crippen molar-refractivity contribution >= 4 is 16.9 Å². The number of anilines is 1. The molecule has 2 aromatic carbocycles. The van der Waals surface area contributed by atoms with Crippen LogP contribution in [0.25, 0.3) is 33.4 Å². The number of aromatic amines is 1. The van der Waals surface area contributed by atoms with E-state index in [1.165, 1.54) is 12.4 Å². The smallest absolute Gasteiger partial charge is 0.416 e. The van der Waals surface area contributed by atoms with E-state index in [4.69, 9.17) is 5.73 Å². The average Bonchev–Trinajstić information content (AvgIpc) is 3.35. The van der Waals surface area contributed by atoms with Gasteiger partial charge in [-0.25, -0.2) is 14.6 Å². The molecule has 0 saturated heterocycles. The standard InChI is InChI=1S/C24H19F3N6O/c1-13-7-18(14-5-3-2-4-6-14)19(31-13)11-33-23-20(22(28)29-12-30-23)21(32-33)15-8-16(24(25,26)27)10-17(34)9-15/h2-10,12,31,34H,11H2,1H3,(H2,28,29,30). The molecule has 3 aromatic heterocycles. The Kier molecular flexibility index (Phi) is 5.00.